The molecule has 1 unspecified atom stereocenters. The first-order chi connectivity index (χ1) is 12.2. The average molecular weight is 335 g/mol. The van der Waals surface area contributed by atoms with Gasteiger partial charge in [-0.2, -0.15) is 5.26 Å². The Kier molecular flexibility index (Phi) is 5.01. The third-order valence-electron chi connectivity index (χ3n) is 4.45. The molecule has 25 heavy (non-hydrogen) atoms. The van der Waals surface area contributed by atoms with E-state index in [4.69, 9.17) is 14.7 Å². The molecule has 0 amide bonds. The zero-order valence-electron chi connectivity index (χ0n) is 14.7. The highest BCUT2D eigenvalue weighted by Gasteiger charge is 2.19. The molecule has 0 aliphatic heterocycles. The van der Waals surface area contributed by atoms with Crippen molar-refractivity contribution in [1.29, 1.82) is 5.26 Å². The maximum atomic E-state index is 9.02. The van der Waals surface area contributed by atoms with Gasteiger partial charge >= 0.3 is 0 Å². The molecular formula is C20H21N3O2. The normalized spacial score (nSPS) is 12.1. The molecule has 1 aromatic carbocycles. The Morgan fingerprint density at radius 2 is 1.96 bits per heavy atom. The molecule has 5 heteroatoms. The third-order valence-corrected chi connectivity index (χ3v) is 4.45. The Morgan fingerprint density at radius 1 is 1.20 bits per heavy atom. The standard InChI is InChI=1S/C20H21N3O2/c1-4-16(13-24-2)23-12-17(15-7-5-14(11-21)6-8-15)19-18(23)9-10-22-20(19)25-3/h5-10,12,16H,4,13H2,1-3H3. The van der Waals surface area contributed by atoms with E-state index in [0.717, 1.165) is 28.5 Å². The summed E-state index contributed by atoms with van der Waals surface area (Å²) in [6.45, 7) is 2.78. The molecule has 0 saturated carbocycles. The minimum atomic E-state index is 0.228. The van der Waals surface area contributed by atoms with Gasteiger partial charge in [0, 0.05) is 25.1 Å². The Labute approximate surface area is 147 Å². The van der Waals surface area contributed by atoms with Gasteiger partial charge in [0.15, 0.2) is 0 Å². The molecule has 2 heterocycles. The lowest BCUT2D eigenvalue weighted by molar-refractivity contribution is 0.155. The minimum absolute atomic E-state index is 0.228. The lowest BCUT2D eigenvalue weighted by Crippen LogP contribution is -2.12. The van der Waals surface area contributed by atoms with Crippen LogP contribution in [-0.2, 0) is 4.74 Å². The smallest absolute Gasteiger partial charge is 0.223 e. The second kappa shape index (κ2) is 7.37. The molecule has 1 atom stereocenters. The zero-order chi connectivity index (χ0) is 17.8. The summed E-state index contributed by atoms with van der Waals surface area (Å²) in [5.41, 5.74) is 3.78. The first-order valence-corrected chi connectivity index (χ1v) is 8.26. The van der Waals surface area contributed by atoms with E-state index in [1.54, 1.807) is 20.4 Å². The lowest BCUT2D eigenvalue weighted by atomic mass is 10.0. The van der Waals surface area contributed by atoms with E-state index in [-0.39, 0.29) is 6.04 Å². The van der Waals surface area contributed by atoms with Crippen LogP contribution in [0.4, 0.5) is 0 Å². The molecule has 0 bridgehead atoms. The van der Waals surface area contributed by atoms with Crippen LogP contribution in [0.2, 0.25) is 0 Å². The number of benzene rings is 1. The van der Waals surface area contributed by atoms with Crippen LogP contribution in [-0.4, -0.2) is 30.4 Å². The van der Waals surface area contributed by atoms with Crippen LogP contribution in [0.25, 0.3) is 22.0 Å². The number of rotatable bonds is 6. The topological polar surface area (TPSA) is 60.1 Å². The van der Waals surface area contributed by atoms with Gasteiger partial charge in [-0.1, -0.05) is 19.1 Å². The maximum Gasteiger partial charge on any atom is 0.223 e. The van der Waals surface area contributed by atoms with Crippen LogP contribution in [0, 0.1) is 11.3 Å². The van der Waals surface area contributed by atoms with Crippen molar-refractivity contribution in [3.8, 4) is 23.1 Å². The van der Waals surface area contributed by atoms with Gasteiger partial charge in [0.05, 0.1) is 42.3 Å². The van der Waals surface area contributed by atoms with Crippen LogP contribution in [0.15, 0.2) is 42.7 Å². The van der Waals surface area contributed by atoms with Crippen LogP contribution < -0.4 is 4.74 Å². The summed E-state index contributed by atoms with van der Waals surface area (Å²) >= 11 is 0. The Hall–Kier alpha value is -2.84. The number of pyridine rings is 1. The van der Waals surface area contributed by atoms with E-state index in [9.17, 15) is 0 Å². The molecule has 3 rings (SSSR count). The highest BCUT2D eigenvalue weighted by Crippen LogP contribution is 2.37. The molecule has 0 saturated heterocycles. The van der Waals surface area contributed by atoms with E-state index < -0.39 is 0 Å². The minimum Gasteiger partial charge on any atom is -0.480 e. The molecule has 0 aliphatic carbocycles. The Balaban J connectivity index is 2.25. The van der Waals surface area contributed by atoms with E-state index in [0.29, 0.717) is 18.1 Å². The molecule has 5 nitrogen and oxygen atoms in total. The first kappa shape index (κ1) is 17.0. The van der Waals surface area contributed by atoms with Gasteiger partial charge in [0.2, 0.25) is 5.88 Å². The largest absolute Gasteiger partial charge is 0.480 e. The van der Waals surface area contributed by atoms with E-state index >= 15 is 0 Å². The zero-order valence-corrected chi connectivity index (χ0v) is 14.7. The van der Waals surface area contributed by atoms with Gasteiger partial charge in [-0.05, 0) is 30.2 Å². The quantitative estimate of drug-likeness (QED) is 0.678. The predicted octanol–water partition coefficient (Wildman–Crippen LogP) is 4.18. The second-order valence-corrected chi connectivity index (χ2v) is 5.87. The number of fused-ring (bicyclic) bond motifs is 1. The van der Waals surface area contributed by atoms with Crippen molar-refractivity contribution in [2.24, 2.45) is 0 Å². The van der Waals surface area contributed by atoms with E-state index in [1.165, 1.54) is 0 Å². The molecular weight excluding hydrogens is 314 g/mol. The number of aromatic nitrogens is 2. The fourth-order valence-corrected chi connectivity index (χ4v) is 3.16. The highest BCUT2D eigenvalue weighted by molar-refractivity contribution is 5.99. The number of hydrogen-bond acceptors (Lipinski definition) is 4. The SMILES string of the molecule is CCC(COC)n1cc(-c2ccc(C#N)cc2)c2c(OC)nccc21. The number of nitriles is 1. The molecule has 0 radical (unpaired) electrons. The van der Waals surface area contributed by atoms with Crippen LogP contribution >= 0.6 is 0 Å². The number of methoxy groups -OCH3 is 2. The molecule has 128 valence electrons. The van der Waals surface area contributed by atoms with Crippen molar-refractivity contribution in [2.75, 3.05) is 20.8 Å². The Morgan fingerprint density at radius 3 is 2.56 bits per heavy atom. The number of nitrogens with zero attached hydrogens (tertiary/aromatic N) is 3. The van der Waals surface area contributed by atoms with Crippen molar-refractivity contribution >= 4 is 10.9 Å². The predicted molar refractivity (Wildman–Crippen MR) is 97.6 cm³/mol. The van der Waals surface area contributed by atoms with Crippen molar-refractivity contribution in [1.82, 2.24) is 9.55 Å². The fourth-order valence-electron chi connectivity index (χ4n) is 3.16. The molecule has 0 N–H and O–H groups in total. The fraction of sp³-hybridized carbons (Fsp3) is 0.300. The molecule has 2 aromatic heterocycles. The Bertz CT molecular complexity index is 907. The maximum absolute atomic E-state index is 9.02. The highest BCUT2D eigenvalue weighted by atomic mass is 16.5. The van der Waals surface area contributed by atoms with Gasteiger partial charge in [-0.25, -0.2) is 4.98 Å². The monoisotopic (exact) mass is 335 g/mol. The summed E-state index contributed by atoms with van der Waals surface area (Å²) < 4.78 is 13.1. The van der Waals surface area contributed by atoms with Gasteiger partial charge in [0.1, 0.15) is 0 Å². The lowest BCUT2D eigenvalue weighted by Gasteiger charge is -2.17. The summed E-state index contributed by atoms with van der Waals surface area (Å²) in [6, 6.07) is 12.0. The summed E-state index contributed by atoms with van der Waals surface area (Å²) in [7, 11) is 3.35. The first-order valence-electron chi connectivity index (χ1n) is 8.26. The van der Waals surface area contributed by atoms with Gasteiger partial charge < -0.3 is 14.0 Å². The van der Waals surface area contributed by atoms with Crippen LogP contribution in [0.5, 0.6) is 5.88 Å². The average Bonchev–Trinajstić information content (AvgIpc) is 3.05. The van der Waals surface area contributed by atoms with Crippen LogP contribution in [0.1, 0.15) is 24.9 Å². The molecule has 0 spiro atoms. The van der Waals surface area contributed by atoms with Gasteiger partial charge in [-0.15, -0.1) is 0 Å². The van der Waals surface area contributed by atoms with Crippen molar-refractivity contribution in [3.63, 3.8) is 0 Å². The second-order valence-electron chi connectivity index (χ2n) is 5.87. The van der Waals surface area contributed by atoms with Gasteiger partial charge in [-0.3, -0.25) is 0 Å². The van der Waals surface area contributed by atoms with E-state index in [2.05, 4.69) is 28.7 Å². The summed E-state index contributed by atoms with van der Waals surface area (Å²) in [5, 5.41) is 10.00. The summed E-state index contributed by atoms with van der Waals surface area (Å²) in [4.78, 5) is 4.37. The molecule has 3 aromatic rings. The number of hydrogen-bond donors (Lipinski definition) is 0. The van der Waals surface area contributed by atoms with Crippen molar-refractivity contribution in [2.45, 2.75) is 19.4 Å². The van der Waals surface area contributed by atoms with Crippen molar-refractivity contribution in [3.05, 3.63) is 48.3 Å². The summed E-state index contributed by atoms with van der Waals surface area (Å²) in [6.07, 6.45) is 4.85. The van der Waals surface area contributed by atoms with E-state index in [1.807, 2.05) is 30.3 Å². The van der Waals surface area contributed by atoms with Gasteiger partial charge in [0.25, 0.3) is 0 Å². The molecule has 0 fully saturated rings. The summed E-state index contributed by atoms with van der Waals surface area (Å²) in [5.74, 6) is 0.600. The van der Waals surface area contributed by atoms with Crippen molar-refractivity contribution < 1.29 is 9.47 Å². The number of ether oxygens (including phenoxy) is 2. The molecule has 0 aliphatic rings. The van der Waals surface area contributed by atoms with Crippen LogP contribution in [0.3, 0.4) is 0 Å². The third kappa shape index (κ3) is 3.09.